The molecule has 13 heavy (non-hydrogen) atoms. The van der Waals surface area contributed by atoms with Crippen LogP contribution in [0.3, 0.4) is 0 Å². The molecule has 0 aliphatic heterocycles. The van der Waals surface area contributed by atoms with Gasteiger partial charge in [0.05, 0.1) is 6.04 Å². The summed E-state index contributed by atoms with van der Waals surface area (Å²) in [5.41, 5.74) is 0.962. The number of aldehydes is 1. The first-order valence-electron chi connectivity index (χ1n) is 4.12. The van der Waals surface area contributed by atoms with Gasteiger partial charge in [0.25, 0.3) is 0 Å². The molecule has 0 saturated heterocycles. The summed E-state index contributed by atoms with van der Waals surface area (Å²) >= 11 is 0. The van der Waals surface area contributed by atoms with E-state index in [0.717, 1.165) is 5.56 Å². The summed E-state index contributed by atoms with van der Waals surface area (Å²) in [6.45, 7) is 0. The summed E-state index contributed by atoms with van der Waals surface area (Å²) in [6.07, 6.45) is 1.03. The SMILES string of the molecule is CN(F)C(C=O)Cc1ccccc1. The molecule has 70 valence electrons. The number of nitrogens with zero attached hydrogens (tertiary/aromatic N) is 1. The van der Waals surface area contributed by atoms with Gasteiger partial charge < -0.3 is 4.79 Å². The molecular formula is C10H12FNO. The van der Waals surface area contributed by atoms with Crippen molar-refractivity contribution in [3.05, 3.63) is 35.9 Å². The lowest BCUT2D eigenvalue weighted by Crippen LogP contribution is -2.28. The van der Waals surface area contributed by atoms with Crippen LogP contribution in [0.1, 0.15) is 5.56 Å². The lowest BCUT2D eigenvalue weighted by atomic mass is 10.1. The fourth-order valence-electron chi connectivity index (χ4n) is 1.11. The van der Waals surface area contributed by atoms with E-state index >= 15 is 0 Å². The normalized spacial score (nSPS) is 12.8. The standard InChI is InChI=1S/C10H12FNO/c1-12(11)10(8-13)7-9-5-3-2-4-6-9/h2-6,8,10H,7H2,1H3. The molecule has 0 fully saturated rings. The van der Waals surface area contributed by atoms with E-state index in [0.29, 0.717) is 17.8 Å². The lowest BCUT2D eigenvalue weighted by Gasteiger charge is -2.13. The Balaban J connectivity index is 2.62. The van der Waals surface area contributed by atoms with Crippen molar-refractivity contribution in [3.8, 4) is 0 Å². The largest absolute Gasteiger partial charge is 0.302 e. The van der Waals surface area contributed by atoms with E-state index in [9.17, 15) is 9.28 Å². The molecule has 0 amide bonds. The second-order valence-corrected chi connectivity index (χ2v) is 2.92. The molecule has 0 bridgehead atoms. The van der Waals surface area contributed by atoms with Crippen molar-refractivity contribution >= 4 is 6.29 Å². The van der Waals surface area contributed by atoms with Crippen molar-refractivity contribution in [2.45, 2.75) is 12.5 Å². The van der Waals surface area contributed by atoms with Gasteiger partial charge >= 0.3 is 0 Å². The molecule has 0 aromatic heterocycles. The molecule has 2 nitrogen and oxygen atoms in total. The van der Waals surface area contributed by atoms with Crippen LogP contribution in [-0.4, -0.2) is 24.5 Å². The van der Waals surface area contributed by atoms with Gasteiger partial charge in [-0.3, -0.25) is 0 Å². The average molecular weight is 181 g/mol. The lowest BCUT2D eigenvalue weighted by molar-refractivity contribution is -0.117. The Morgan fingerprint density at radius 1 is 1.46 bits per heavy atom. The van der Waals surface area contributed by atoms with Gasteiger partial charge in [-0.15, -0.1) is 9.60 Å². The van der Waals surface area contributed by atoms with Crippen LogP contribution in [0.5, 0.6) is 0 Å². The highest BCUT2D eigenvalue weighted by atomic mass is 19.2. The molecule has 0 N–H and O–H groups in total. The van der Waals surface area contributed by atoms with Crippen LogP contribution < -0.4 is 0 Å². The fourth-order valence-corrected chi connectivity index (χ4v) is 1.11. The zero-order valence-electron chi connectivity index (χ0n) is 7.48. The number of hydrogen-bond donors (Lipinski definition) is 0. The van der Waals surface area contributed by atoms with Crippen molar-refractivity contribution in [3.63, 3.8) is 0 Å². The van der Waals surface area contributed by atoms with Crippen molar-refractivity contribution in [1.82, 2.24) is 5.12 Å². The maximum absolute atomic E-state index is 12.7. The van der Waals surface area contributed by atoms with Gasteiger partial charge in [-0.1, -0.05) is 30.3 Å². The van der Waals surface area contributed by atoms with Crippen LogP contribution >= 0.6 is 0 Å². The van der Waals surface area contributed by atoms with E-state index in [1.165, 1.54) is 7.05 Å². The maximum atomic E-state index is 12.7. The second-order valence-electron chi connectivity index (χ2n) is 2.92. The molecule has 1 rings (SSSR count). The average Bonchev–Trinajstić information content (AvgIpc) is 2.15. The third-order valence-corrected chi connectivity index (χ3v) is 1.90. The highest BCUT2D eigenvalue weighted by molar-refractivity contribution is 5.58. The van der Waals surface area contributed by atoms with E-state index in [2.05, 4.69) is 0 Å². The van der Waals surface area contributed by atoms with Gasteiger partial charge in [0.15, 0.2) is 0 Å². The Kier molecular flexibility index (Phi) is 3.58. The number of carbonyl (C=O) groups is 1. The number of hydrogen-bond acceptors (Lipinski definition) is 2. The Bertz CT molecular complexity index is 261. The van der Waals surface area contributed by atoms with E-state index in [1.807, 2.05) is 30.3 Å². The predicted octanol–water partition coefficient (Wildman–Crippen LogP) is 1.61. The minimum Gasteiger partial charge on any atom is -0.302 e. The molecule has 1 atom stereocenters. The topological polar surface area (TPSA) is 20.3 Å². The van der Waals surface area contributed by atoms with Gasteiger partial charge in [0.2, 0.25) is 0 Å². The van der Waals surface area contributed by atoms with Gasteiger partial charge in [0.1, 0.15) is 6.29 Å². The third kappa shape index (κ3) is 2.95. The zero-order valence-corrected chi connectivity index (χ0v) is 7.48. The molecule has 0 aliphatic rings. The summed E-state index contributed by atoms with van der Waals surface area (Å²) in [5.74, 6) is 0. The first-order chi connectivity index (χ1) is 6.24. The Morgan fingerprint density at radius 2 is 2.08 bits per heavy atom. The number of carbonyl (C=O) groups excluding carboxylic acids is 1. The van der Waals surface area contributed by atoms with Crippen LogP contribution in [0, 0.1) is 0 Å². The number of rotatable bonds is 4. The van der Waals surface area contributed by atoms with Crippen LogP contribution in [-0.2, 0) is 11.2 Å². The molecule has 0 spiro atoms. The fraction of sp³-hybridized carbons (Fsp3) is 0.300. The van der Waals surface area contributed by atoms with Gasteiger partial charge in [-0.2, -0.15) is 0 Å². The van der Waals surface area contributed by atoms with E-state index in [1.54, 1.807) is 0 Å². The Labute approximate surface area is 76.9 Å². The summed E-state index contributed by atoms with van der Waals surface area (Å²) < 4.78 is 12.7. The van der Waals surface area contributed by atoms with Crippen LogP contribution in [0.25, 0.3) is 0 Å². The first kappa shape index (κ1) is 9.86. The van der Waals surface area contributed by atoms with Gasteiger partial charge in [-0.05, 0) is 12.0 Å². The van der Waals surface area contributed by atoms with E-state index in [4.69, 9.17) is 0 Å². The third-order valence-electron chi connectivity index (χ3n) is 1.90. The molecule has 1 aromatic rings. The molecule has 0 saturated carbocycles. The highest BCUT2D eigenvalue weighted by Crippen LogP contribution is 2.05. The minimum absolute atomic E-state index is 0.414. The maximum Gasteiger partial charge on any atom is 0.140 e. The molecular weight excluding hydrogens is 169 g/mol. The van der Waals surface area contributed by atoms with Crippen LogP contribution in [0.4, 0.5) is 4.48 Å². The molecule has 0 aliphatic carbocycles. The summed E-state index contributed by atoms with van der Waals surface area (Å²) in [4.78, 5) is 10.5. The van der Waals surface area contributed by atoms with Gasteiger partial charge in [-0.25, -0.2) is 0 Å². The zero-order chi connectivity index (χ0) is 9.68. The molecule has 1 aromatic carbocycles. The molecule has 0 radical (unpaired) electrons. The second kappa shape index (κ2) is 4.72. The van der Waals surface area contributed by atoms with Crippen LogP contribution in [0.2, 0.25) is 0 Å². The predicted molar refractivity (Wildman–Crippen MR) is 48.9 cm³/mol. The summed E-state index contributed by atoms with van der Waals surface area (Å²) in [7, 11) is 1.25. The van der Waals surface area contributed by atoms with Crippen molar-refractivity contribution in [1.29, 1.82) is 0 Å². The monoisotopic (exact) mass is 181 g/mol. The number of likely N-dealkylation sites (N-methyl/N-ethyl adjacent to an activating group) is 1. The molecule has 1 unspecified atom stereocenters. The van der Waals surface area contributed by atoms with E-state index < -0.39 is 6.04 Å². The Morgan fingerprint density at radius 3 is 2.54 bits per heavy atom. The quantitative estimate of drug-likeness (QED) is 0.519. The van der Waals surface area contributed by atoms with Crippen molar-refractivity contribution < 1.29 is 9.28 Å². The van der Waals surface area contributed by atoms with Crippen LogP contribution in [0.15, 0.2) is 30.3 Å². The van der Waals surface area contributed by atoms with Crippen molar-refractivity contribution in [2.75, 3.05) is 7.05 Å². The smallest absolute Gasteiger partial charge is 0.140 e. The van der Waals surface area contributed by atoms with Gasteiger partial charge in [0, 0.05) is 7.05 Å². The summed E-state index contributed by atoms with van der Waals surface area (Å²) in [6, 6.07) is 8.70. The first-order valence-corrected chi connectivity index (χ1v) is 4.12. The molecule has 0 heterocycles. The summed E-state index contributed by atoms with van der Waals surface area (Å²) in [5, 5.41) is 0.431. The minimum atomic E-state index is -0.678. The highest BCUT2D eigenvalue weighted by Gasteiger charge is 2.13. The van der Waals surface area contributed by atoms with Crippen molar-refractivity contribution in [2.24, 2.45) is 0 Å². The number of halogens is 1. The number of benzene rings is 1. The van der Waals surface area contributed by atoms with E-state index in [-0.39, 0.29) is 0 Å². The molecule has 3 heteroatoms. The Hall–Kier alpha value is -1.22.